The van der Waals surface area contributed by atoms with Gasteiger partial charge in [-0.05, 0) is 151 Å². The maximum atomic E-state index is 13.1. The van der Waals surface area contributed by atoms with Gasteiger partial charge in [0, 0.05) is 22.3 Å². The van der Waals surface area contributed by atoms with Gasteiger partial charge in [0.05, 0.1) is 0 Å². The molecule has 0 saturated carbocycles. The van der Waals surface area contributed by atoms with E-state index >= 15 is 0 Å². The molecule has 1 heterocycles. The molecule has 149 heavy (non-hydrogen) atoms. The minimum atomic E-state index is 0.598. The summed E-state index contributed by atoms with van der Waals surface area (Å²) in [5.41, 5.74) is 26.9. The van der Waals surface area contributed by atoms with Crippen LogP contribution in [0.25, 0.3) is 16.9 Å². The number of hydrogen-bond acceptors (Lipinski definition) is 0. The summed E-state index contributed by atoms with van der Waals surface area (Å²) < 4.78 is 1.72. The van der Waals surface area contributed by atoms with Crippen molar-refractivity contribution < 1.29 is 19.1 Å². The van der Waals surface area contributed by atoms with Gasteiger partial charge in [0.25, 0.3) is 0 Å². The number of aryl methyl sites for hydroxylation is 2. The van der Waals surface area contributed by atoms with Crippen molar-refractivity contribution in [1.82, 2.24) is 0 Å². The van der Waals surface area contributed by atoms with Gasteiger partial charge in [-0.25, -0.2) is 4.70 Å². The maximum absolute atomic E-state index is 13.1. The third-order valence-electron chi connectivity index (χ3n) is 34.0. The van der Waals surface area contributed by atoms with E-state index in [-0.39, 0.29) is 0 Å². The second kappa shape index (κ2) is 116. The molecule has 0 amide bonds. The average Bonchev–Trinajstić information content (AvgIpc) is 1.60. The molecule has 3 heteroatoms. The van der Waals surface area contributed by atoms with Crippen LogP contribution in [0.4, 0.5) is 0 Å². The van der Waals surface area contributed by atoms with Crippen molar-refractivity contribution in [3.63, 3.8) is 0 Å². The zero-order valence-electron chi connectivity index (χ0n) is 103. The number of rotatable bonds is 118. The number of unbranched alkanes of at least 4 members (excludes halogenated alkanes) is 88. The Morgan fingerprint density at radius 3 is 0.611 bits per heavy atom. The summed E-state index contributed by atoms with van der Waals surface area (Å²) in [6.07, 6.45) is 164. The summed E-state index contributed by atoms with van der Waals surface area (Å²) in [5.74, 6) is 1.20. The van der Waals surface area contributed by atoms with Crippen molar-refractivity contribution in [2.75, 3.05) is 0 Å². The number of allylic oxidation sites excluding steroid dienone is 8. The van der Waals surface area contributed by atoms with E-state index in [2.05, 4.69) is 152 Å². The topological polar surface area (TPSA) is 25.3 Å². The van der Waals surface area contributed by atoms with Crippen LogP contribution in [0.2, 0.25) is 0 Å². The molecule has 0 N–H and O–H groups in total. The van der Waals surface area contributed by atoms with Crippen LogP contribution >= 0.6 is 0 Å². The first-order chi connectivity index (χ1) is 73.8. The van der Waals surface area contributed by atoms with Gasteiger partial charge in [-0.3, -0.25) is 0 Å². The van der Waals surface area contributed by atoms with Crippen LogP contribution in [0.15, 0.2) is 105 Å². The van der Waals surface area contributed by atoms with Gasteiger partial charge in [-0.2, -0.15) is 0 Å². The summed E-state index contributed by atoms with van der Waals surface area (Å²) >= 11 is 1.69. The van der Waals surface area contributed by atoms with E-state index in [1.807, 2.05) is 0 Å². The van der Waals surface area contributed by atoms with Gasteiger partial charge < -0.3 is 5.53 Å². The molecule has 2 atom stereocenters. The molecule has 0 fully saturated rings. The van der Waals surface area contributed by atoms with Gasteiger partial charge in [0.15, 0.2) is 0 Å². The Kier molecular flexibility index (Phi) is 111. The molecule has 2 aromatic rings. The summed E-state index contributed by atoms with van der Waals surface area (Å²) in [5, 5.41) is 4.67. The molecule has 0 bridgehead atoms. The van der Waals surface area contributed by atoms with Crippen LogP contribution in [-0.4, -0.2) is 4.70 Å². The fraction of sp³-hybridized carbons (Fsp3) is 0.836. The van der Waals surface area contributed by atoms with Crippen molar-refractivity contribution in [2.24, 2.45) is 11.8 Å². The van der Waals surface area contributed by atoms with Gasteiger partial charge in [0.2, 0.25) is 11.4 Å². The van der Waals surface area contributed by atoms with Crippen molar-refractivity contribution in [3.05, 3.63) is 133 Å². The monoisotopic (exact) mass is 2110 g/mol. The van der Waals surface area contributed by atoms with E-state index < -0.39 is 0 Å². The van der Waals surface area contributed by atoms with Gasteiger partial charge in [-0.15, -0.1) is 0 Å². The Labute approximate surface area is 944 Å². The predicted molar refractivity (Wildman–Crippen MR) is 675 cm³/mol. The Balaban J connectivity index is 0.00000110. The van der Waals surface area contributed by atoms with Crippen molar-refractivity contribution in [3.8, 4) is 0 Å². The van der Waals surface area contributed by atoms with E-state index in [1.54, 1.807) is 30.3 Å². The summed E-state index contributed by atoms with van der Waals surface area (Å²) in [7, 11) is 0. The first kappa shape index (κ1) is 142. The third-order valence-corrected chi connectivity index (χ3v) is 34.8. The standard InChI is InChI=1S/C88H152N2.2C29H57.Ni/c1-9-17-25-27-29-31-33-35-37-39-41-43-45-47-49-51-53-63-77(59-19-11-3)75-79(61-21-13-5)71-73-81-65-55-57-69-83(81)87-85(67-23-15-7)86(68-24-16-8)88(90(87)89)84-70-58-56-66-82(84)74-72-80(62-22-14-6)76-78(60-20-12-4)64-54-52-50-48-46-44-42-40-38-36-34-32-30-28-26-18-10-2;2*1-3-5-7-9-11-13-15-17-19-21-23-25-27-29-28-26-24-22-20-18-16-14-12-10-8-6-4-2;/h55-58,65-66,69-70,75-76,79-80H,9-54,59-64,67-68,71-74H2,1-8H3;2*1,3H,4-29H2,2H3;. The Hall–Kier alpha value is -3.03. The molecule has 3 rings (SSSR count). The molecular weight excluding hydrogens is 1840 g/mol. The second-order valence-corrected chi connectivity index (χ2v) is 49.4. The smallest absolute Gasteiger partial charge is 0.0654 e. The van der Waals surface area contributed by atoms with E-state index in [9.17, 15) is 5.53 Å². The van der Waals surface area contributed by atoms with Crippen LogP contribution in [-0.2, 0) is 27.3 Å². The number of nitrogens with zero attached hydrogens (tertiary/aromatic N) is 2. The van der Waals surface area contributed by atoms with Crippen molar-refractivity contribution in [1.29, 1.82) is 0 Å². The Morgan fingerprint density at radius 1 is 0.208 bits per heavy atom. The molecule has 0 saturated heterocycles. The predicted octanol–water partition coefficient (Wildman–Crippen LogP) is 53.5. The quantitative estimate of drug-likeness (QED) is 0.0273. The second-order valence-electron chi connectivity index (χ2n) is 48.4. The minimum Gasteiger partial charge on any atom is -0.0654 e. The molecule has 0 aromatic heterocycles. The van der Waals surface area contributed by atoms with E-state index in [4.69, 9.17) is 0 Å². The van der Waals surface area contributed by atoms with Crippen LogP contribution in [0.1, 0.15) is 785 Å². The molecule has 0 spiro atoms. The van der Waals surface area contributed by atoms with Crippen LogP contribution < -0.4 is 0 Å². The van der Waals surface area contributed by atoms with E-state index in [0.717, 1.165) is 62.8 Å². The number of benzene rings is 2. The molecule has 870 valence electrons. The average molecular weight is 2110 g/mol. The summed E-state index contributed by atoms with van der Waals surface area (Å²) in [4.78, 5) is 0. The first-order valence-electron chi connectivity index (χ1n) is 69.2. The van der Waals surface area contributed by atoms with E-state index in [0.29, 0.717) is 11.8 Å². The molecule has 1 aliphatic heterocycles. The van der Waals surface area contributed by atoms with Gasteiger partial charge >= 0.3 is 165 Å². The van der Waals surface area contributed by atoms with Gasteiger partial charge in [0.1, 0.15) is 0 Å². The summed E-state index contributed by atoms with van der Waals surface area (Å²) in [6, 6.07) is 18.5. The normalized spacial score (nSPS) is 13.2. The SMILES string of the molecule is CCCCCCCCCCCCCCCCCCCC(=CC(CCCC)CCc1ccccc1C1=C(CCCC)C(CCCC)=C(c2ccccc2CCC(C=C(CCCC)CCCCCCCCCCCCCCCCCCC)CCCC)[N+]1=[N-])CCCC.CCCCCCCCCCCCCCCCCCCCCCCCCCCC=[CH][Ni][CH]=CCCCCCCCCCCCCCCCCCCCCCCCCCCC. The van der Waals surface area contributed by atoms with Crippen molar-refractivity contribution >= 4 is 11.4 Å². The Morgan fingerprint density at radius 2 is 0.396 bits per heavy atom. The molecule has 2 unspecified atom stereocenters. The first-order valence-corrected chi connectivity index (χ1v) is 70.3. The number of hydrogen-bond donors (Lipinski definition) is 0. The zero-order chi connectivity index (χ0) is 107. The molecule has 2 aromatic carbocycles. The molecule has 1 aliphatic rings. The fourth-order valence-electron chi connectivity index (χ4n) is 23.9. The zero-order valence-corrected chi connectivity index (χ0v) is 104. The minimum absolute atomic E-state index is 0.598. The molecule has 0 aliphatic carbocycles. The summed E-state index contributed by atoms with van der Waals surface area (Å²) in [6.45, 7) is 23.4. The Bertz CT molecular complexity index is 3060. The van der Waals surface area contributed by atoms with Gasteiger partial charge in [-0.1, -0.05) is 591 Å². The molecule has 0 radical (unpaired) electrons. The van der Waals surface area contributed by atoms with Crippen LogP contribution in [0.5, 0.6) is 0 Å². The molecule has 2 nitrogen and oxygen atoms in total. The fourth-order valence-corrected chi connectivity index (χ4v) is 24.6. The van der Waals surface area contributed by atoms with Crippen molar-refractivity contribution in [2.45, 2.75) is 776 Å². The van der Waals surface area contributed by atoms with E-state index in [1.165, 1.54) is 688 Å². The van der Waals surface area contributed by atoms with Crippen LogP contribution in [0, 0.1) is 11.8 Å². The van der Waals surface area contributed by atoms with Crippen LogP contribution in [0.3, 0.4) is 0 Å². The molecular formula is C146H266N2Ni. The third kappa shape index (κ3) is 88.5.